The largest absolute Gasteiger partial charge is 0.361 e. The van der Waals surface area contributed by atoms with Gasteiger partial charge in [-0.1, -0.05) is 36.7 Å². The highest BCUT2D eigenvalue weighted by atomic mass is 35.5. The molecule has 86 valence electrons. The van der Waals surface area contributed by atoms with Gasteiger partial charge in [0.05, 0.1) is 0 Å². The first-order valence-corrected chi connectivity index (χ1v) is 6.62. The third-order valence-electron chi connectivity index (χ3n) is 3.01. The summed E-state index contributed by atoms with van der Waals surface area (Å²) in [6.07, 6.45) is 3.93. The average molecular weight is 263 g/mol. The molecule has 2 heterocycles. The lowest BCUT2D eigenvalue weighted by atomic mass is 10.00. The fraction of sp³-hybridized carbons (Fsp3) is 0.154. The molecule has 1 atom stereocenters. The molecule has 1 unspecified atom stereocenters. The van der Waals surface area contributed by atoms with Gasteiger partial charge in [0.2, 0.25) is 0 Å². The number of hydrogen-bond acceptors (Lipinski definition) is 2. The maximum atomic E-state index is 5.88. The SMILES string of the molecule is CC(c1cnc(Cl)s1)c1c[nH]c2ccccc12. The number of aromatic nitrogens is 2. The van der Waals surface area contributed by atoms with Gasteiger partial charge in [-0.05, 0) is 11.6 Å². The van der Waals surface area contributed by atoms with Gasteiger partial charge in [0.1, 0.15) is 0 Å². The van der Waals surface area contributed by atoms with Crippen LogP contribution < -0.4 is 0 Å². The molecular weight excluding hydrogens is 252 g/mol. The first-order valence-electron chi connectivity index (χ1n) is 5.43. The standard InChI is InChI=1S/C13H11ClN2S/c1-8(12-7-16-13(14)17-12)10-6-15-11-5-3-2-4-9(10)11/h2-8,15H,1H3. The van der Waals surface area contributed by atoms with E-state index in [4.69, 9.17) is 11.6 Å². The van der Waals surface area contributed by atoms with Crippen molar-refractivity contribution in [1.82, 2.24) is 9.97 Å². The number of rotatable bonds is 2. The summed E-state index contributed by atoms with van der Waals surface area (Å²) < 4.78 is 0.603. The van der Waals surface area contributed by atoms with E-state index in [1.54, 1.807) is 11.3 Å². The van der Waals surface area contributed by atoms with Crippen molar-refractivity contribution in [3.05, 3.63) is 51.6 Å². The quantitative estimate of drug-likeness (QED) is 0.727. The number of nitrogens with zero attached hydrogens (tertiary/aromatic N) is 1. The number of hydrogen-bond donors (Lipinski definition) is 1. The predicted octanol–water partition coefficient (Wildman–Crippen LogP) is 4.43. The normalized spacial score (nSPS) is 13.1. The van der Waals surface area contributed by atoms with Gasteiger partial charge in [-0.25, -0.2) is 4.98 Å². The van der Waals surface area contributed by atoms with E-state index in [9.17, 15) is 0 Å². The zero-order chi connectivity index (χ0) is 11.8. The van der Waals surface area contributed by atoms with E-state index in [2.05, 4.69) is 41.3 Å². The van der Waals surface area contributed by atoms with Crippen molar-refractivity contribution >= 4 is 33.8 Å². The Hall–Kier alpha value is -1.32. The zero-order valence-corrected chi connectivity index (χ0v) is 10.8. The summed E-state index contributed by atoms with van der Waals surface area (Å²) in [6.45, 7) is 2.18. The van der Waals surface area contributed by atoms with Crippen LogP contribution in [-0.4, -0.2) is 9.97 Å². The number of thiazole rings is 1. The molecule has 2 aromatic heterocycles. The molecule has 0 amide bonds. The Morgan fingerprint density at radius 2 is 2.18 bits per heavy atom. The van der Waals surface area contributed by atoms with E-state index >= 15 is 0 Å². The maximum Gasteiger partial charge on any atom is 0.183 e. The molecule has 0 spiro atoms. The molecule has 4 heteroatoms. The van der Waals surface area contributed by atoms with Crippen molar-refractivity contribution in [3.63, 3.8) is 0 Å². The molecule has 1 N–H and O–H groups in total. The zero-order valence-electron chi connectivity index (χ0n) is 9.27. The molecular formula is C13H11ClN2S. The number of para-hydroxylation sites is 1. The van der Waals surface area contributed by atoms with Crippen molar-refractivity contribution in [1.29, 1.82) is 0 Å². The topological polar surface area (TPSA) is 28.7 Å². The van der Waals surface area contributed by atoms with Crippen LogP contribution in [0.2, 0.25) is 4.47 Å². The Labute approximate surface area is 108 Å². The number of H-pyrrole nitrogens is 1. The van der Waals surface area contributed by atoms with Crippen molar-refractivity contribution in [2.45, 2.75) is 12.8 Å². The Balaban J connectivity index is 2.09. The van der Waals surface area contributed by atoms with Gasteiger partial charge in [0, 0.05) is 34.1 Å². The molecule has 0 saturated heterocycles. The van der Waals surface area contributed by atoms with Crippen LogP contribution in [0, 0.1) is 0 Å². The van der Waals surface area contributed by atoms with Crippen LogP contribution in [0.1, 0.15) is 23.3 Å². The Morgan fingerprint density at radius 3 is 2.94 bits per heavy atom. The van der Waals surface area contributed by atoms with E-state index in [1.165, 1.54) is 21.3 Å². The molecule has 1 aromatic carbocycles. The summed E-state index contributed by atoms with van der Waals surface area (Å²) in [7, 11) is 0. The minimum atomic E-state index is 0.316. The van der Waals surface area contributed by atoms with E-state index in [0.29, 0.717) is 10.4 Å². The second kappa shape index (κ2) is 4.17. The summed E-state index contributed by atoms with van der Waals surface area (Å²) >= 11 is 7.43. The van der Waals surface area contributed by atoms with E-state index in [1.807, 2.05) is 12.3 Å². The lowest BCUT2D eigenvalue weighted by molar-refractivity contribution is 0.952. The van der Waals surface area contributed by atoms with Crippen LogP contribution in [0.4, 0.5) is 0 Å². The van der Waals surface area contributed by atoms with Gasteiger partial charge < -0.3 is 4.98 Å². The van der Waals surface area contributed by atoms with E-state index < -0.39 is 0 Å². The van der Waals surface area contributed by atoms with Crippen LogP contribution in [-0.2, 0) is 0 Å². The number of benzene rings is 1. The molecule has 0 radical (unpaired) electrons. The van der Waals surface area contributed by atoms with Crippen LogP contribution in [0.3, 0.4) is 0 Å². The van der Waals surface area contributed by atoms with Crippen molar-refractivity contribution in [3.8, 4) is 0 Å². The Morgan fingerprint density at radius 1 is 1.35 bits per heavy atom. The first kappa shape index (κ1) is 10.8. The van der Waals surface area contributed by atoms with E-state index in [-0.39, 0.29) is 0 Å². The Kier molecular flexibility index (Phi) is 2.65. The van der Waals surface area contributed by atoms with Crippen molar-refractivity contribution in [2.24, 2.45) is 0 Å². The van der Waals surface area contributed by atoms with Gasteiger partial charge in [0.25, 0.3) is 0 Å². The maximum absolute atomic E-state index is 5.88. The summed E-state index contributed by atoms with van der Waals surface area (Å²) in [5.41, 5.74) is 2.46. The van der Waals surface area contributed by atoms with Gasteiger partial charge >= 0.3 is 0 Å². The third-order valence-corrected chi connectivity index (χ3v) is 4.31. The second-order valence-corrected chi connectivity index (χ2v) is 5.67. The van der Waals surface area contributed by atoms with Gasteiger partial charge in [-0.2, -0.15) is 0 Å². The summed E-state index contributed by atoms with van der Waals surface area (Å²) in [5.74, 6) is 0.316. The third kappa shape index (κ3) is 1.85. The van der Waals surface area contributed by atoms with Gasteiger partial charge in [-0.15, -0.1) is 11.3 Å². The first-order chi connectivity index (χ1) is 8.25. The molecule has 3 rings (SSSR count). The van der Waals surface area contributed by atoms with Crippen molar-refractivity contribution in [2.75, 3.05) is 0 Å². The summed E-state index contributed by atoms with van der Waals surface area (Å²) in [5, 5.41) is 1.27. The van der Waals surface area contributed by atoms with Crippen LogP contribution in [0.15, 0.2) is 36.7 Å². The van der Waals surface area contributed by atoms with Crippen LogP contribution in [0.25, 0.3) is 10.9 Å². The molecule has 2 nitrogen and oxygen atoms in total. The molecule has 0 aliphatic heterocycles. The lowest BCUT2D eigenvalue weighted by Crippen LogP contribution is -1.91. The highest BCUT2D eigenvalue weighted by Crippen LogP contribution is 2.34. The predicted molar refractivity (Wildman–Crippen MR) is 72.9 cm³/mol. The Bertz CT molecular complexity index is 656. The minimum absolute atomic E-state index is 0.316. The minimum Gasteiger partial charge on any atom is -0.361 e. The lowest BCUT2D eigenvalue weighted by Gasteiger charge is -2.07. The fourth-order valence-corrected chi connectivity index (χ4v) is 3.10. The molecule has 0 aliphatic rings. The summed E-state index contributed by atoms with van der Waals surface area (Å²) in [4.78, 5) is 8.59. The highest BCUT2D eigenvalue weighted by molar-refractivity contribution is 7.15. The molecule has 0 aliphatic carbocycles. The van der Waals surface area contributed by atoms with Crippen LogP contribution in [0.5, 0.6) is 0 Å². The summed E-state index contributed by atoms with van der Waals surface area (Å²) in [6, 6.07) is 8.33. The van der Waals surface area contributed by atoms with Crippen molar-refractivity contribution < 1.29 is 0 Å². The van der Waals surface area contributed by atoms with E-state index in [0.717, 1.165) is 0 Å². The van der Waals surface area contributed by atoms with Gasteiger partial charge in [0.15, 0.2) is 4.47 Å². The monoisotopic (exact) mass is 262 g/mol. The fourth-order valence-electron chi connectivity index (χ4n) is 2.07. The molecule has 17 heavy (non-hydrogen) atoms. The molecule has 3 aromatic rings. The average Bonchev–Trinajstić information content (AvgIpc) is 2.94. The number of aromatic amines is 1. The number of fused-ring (bicyclic) bond motifs is 1. The highest BCUT2D eigenvalue weighted by Gasteiger charge is 2.15. The number of halogens is 1. The van der Waals surface area contributed by atoms with Crippen LogP contribution >= 0.6 is 22.9 Å². The molecule has 0 saturated carbocycles. The van der Waals surface area contributed by atoms with Gasteiger partial charge in [-0.3, -0.25) is 0 Å². The molecule has 0 bridgehead atoms. The number of nitrogens with one attached hydrogen (secondary N) is 1. The molecule has 0 fully saturated rings. The smallest absolute Gasteiger partial charge is 0.183 e. The second-order valence-electron chi connectivity index (χ2n) is 4.03.